The molecule has 0 aliphatic heterocycles. The topological polar surface area (TPSA) is 73.9 Å². The largest absolute Gasteiger partial charge is 0.490 e. The zero-order chi connectivity index (χ0) is 20.5. The van der Waals surface area contributed by atoms with Crippen molar-refractivity contribution in [2.75, 3.05) is 25.1 Å². The second kappa shape index (κ2) is 10.6. The average Bonchev–Trinajstić information content (AvgIpc) is 2.65. The van der Waals surface area contributed by atoms with Crippen LogP contribution in [0.2, 0.25) is 5.02 Å². The average molecular weight is 406 g/mol. The van der Waals surface area contributed by atoms with Crippen molar-refractivity contribution >= 4 is 29.2 Å². The van der Waals surface area contributed by atoms with Crippen molar-refractivity contribution in [2.45, 2.75) is 27.2 Å². The molecule has 0 aliphatic carbocycles. The maximum Gasteiger partial charge on any atom is 0.310 e. The van der Waals surface area contributed by atoms with Crippen LogP contribution in [0.25, 0.3) is 0 Å². The van der Waals surface area contributed by atoms with Gasteiger partial charge >= 0.3 is 5.97 Å². The van der Waals surface area contributed by atoms with Crippen molar-refractivity contribution in [1.82, 2.24) is 0 Å². The smallest absolute Gasteiger partial charge is 0.310 e. The zero-order valence-corrected chi connectivity index (χ0v) is 17.0. The van der Waals surface area contributed by atoms with Gasteiger partial charge in [-0.3, -0.25) is 9.59 Å². The van der Waals surface area contributed by atoms with Crippen molar-refractivity contribution in [2.24, 2.45) is 0 Å². The number of esters is 1. The maximum absolute atomic E-state index is 12.1. The summed E-state index contributed by atoms with van der Waals surface area (Å²) in [5, 5.41) is 3.19. The standard InChI is InChI=1S/C21H24ClNO5/c1-4-26-18-9-7-15(10-19(18)27-5-2)11-21(25)28-13-20(24)23-17-12-16(22)8-6-14(17)3/h6-10,12H,4-5,11,13H2,1-3H3,(H,23,24). The molecule has 0 heterocycles. The minimum Gasteiger partial charge on any atom is -0.490 e. The first kappa shape index (κ1) is 21.6. The second-order valence-corrected chi connectivity index (χ2v) is 6.43. The molecule has 7 heteroatoms. The zero-order valence-electron chi connectivity index (χ0n) is 16.2. The van der Waals surface area contributed by atoms with E-state index in [1.165, 1.54) is 0 Å². The van der Waals surface area contributed by atoms with Gasteiger partial charge in [-0.2, -0.15) is 0 Å². The highest BCUT2D eigenvalue weighted by Crippen LogP contribution is 2.28. The van der Waals surface area contributed by atoms with Gasteiger partial charge in [0.2, 0.25) is 0 Å². The number of carbonyl (C=O) groups is 2. The summed E-state index contributed by atoms with van der Waals surface area (Å²) < 4.78 is 16.1. The molecule has 1 N–H and O–H groups in total. The number of aryl methyl sites for hydroxylation is 1. The third-order valence-electron chi connectivity index (χ3n) is 3.79. The van der Waals surface area contributed by atoms with E-state index in [4.69, 9.17) is 25.8 Å². The Kier molecular flexibility index (Phi) is 8.14. The molecule has 2 rings (SSSR count). The van der Waals surface area contributed by atoms with Gasteiger partial charge in [-0.15, -0.1) is 0 Å². The van der Waals surface area contributed by atoms with Crippen LogP contribution in [0.4, 0.5) is 5.69 Å². The molecule has 0 fully saturated rings. The van der Waals surface area contributed by atoms with Gasteiger partial charge in [0.25, 0.3) is 5.91 Å². The molecule has 0 atom stereocenters. The van der Waals surface area contributed by atoms with E-state index in [1.807, 2.05) is 20.8 Å². The lowest BCUT2D eigenvalue weighted by atomic mass is 10.1. The van der Waals surface area contributed by atoms with Gasteiger partial charge in [-0.1, -0.05) is 23.7 Å². The van der Waals surface area contributed by atoms with Gasteiger partial charge in [-0.05, 0) is 56.2 Å². The second-order valence-electron chi connectivity index (χ2n) is 5.99. The number of benzene rings is 2. The molecular weight excluding hydrogens is 382 g/mol. The van der Waals surface area contributed by atoms with Crippen LogP contribution in [-0.2, 0) is 20.7 Å². The molecule has 28 heavy (non-hydrogen) atoms. The number of halogens is 1. The molecule has 2 aromatic rings. The molecule has 0 saturated carbocycles. The minimum atomic E-state index is -0.510. The van der Waals surface area contributed by atoms with Gasteiger partial charge < -0.3 is 19.5 Å². The molecule has 6 nitrogen and oxygen atoms in total. The van der Waals surface area contributed by atoms with Gasteiger partial charge in [0.1, 0.15) is 0 Å². The van der Waals surface area contributed by atoms with Gasteiger partial charge in [0, 0.05) is 10.7 Å². The molecule has 0 saturated heterocycles. The highest BCUT2D eigenvalue weighted by atomic mass is 35.5. The number of hydrogen-bond donors (Lipinski definition) is 1. The maximum atomic E-state index is 12.1. The predicted molar refractivity (Wildman–Crippen MR) is 108 cm³/mol. The molecule has 0 bridgehead atoms. The Bertz CT molecular complexity index is 838. The van der Waals surface area contributed by atoms with E-state index in [1.54, 1.807) is 36.4 Å². The number of amides is 1. The monoisotopic (exact) mass is 405 g/mol. The van der Waals surface area contributed by atoms with Crippen LogP contribution in [0.5, 0.6) is 11.5 Å². The third-order valence-corrected chi connectivity index (χ3v) is 4.03. The van der Waals surface area contributed by atoms with Crippen LogP contribution >= 0.6 is 11.6 Å². The number of hydrogen-bond acceptors (Lipinski definition) is 5. The van der Waals surface area contributed by atoms with E-state index in [9.17, 15) is 9.59 Å². The molecule has 0 unspecified atom stereocenters. The first-order valence-corrected chi connectivity index (χ1v) is 9.40. The normalized spacial score (nSPS) is 10.3. The summed E-state index contributed by atoms with van der Waals surface area (Å²) in [6.07, 6.45) is 0.0238. The summed E-state index contributed by atoms with van der Waals surface area (Å²) in [6, 6.07) is 10.4. The van der Waals surface area contributed by atoms with Crippen molar-refractivity contribution in [3.05, 3.63) is 52.5 Å². The Labute approximate surface area is 169 Å². The van der Waals surface area contributed by atoms with E-state index in [2.05, 4.69) is 5.32 Å². The van der Waals surface area contributed by atoms with E-state index in [0.29, 0.717) is 41.0 Å². The predicted octanol–water partition coefficient (Wildman–Crippen LogP) is 4.17. The van der Waals surface area contributed by atoms with Crippen LogP contribution in [0.15, 0.2) is 36.4 Å². The van der Waals surface area contributed by atoms with Gasteiger partial charge in [0.15, 0.2) is 18.1 Å². The Morgan fingerprint density at radius 3 is 2.43 bits per heavy atom. The highest BCUT2D eigenvalue weighted by molar-refractivity contribution is 6.31. The van der Waals surface area contributed by atoms with Crippen molar-refractivity contribution < 1.29 is 23.8 Å². The Hall–Kier alpha value is -2.73. The van der Waals surface area contributed by atoms with Crippen LogP contribution in [-0.4, -0.2) is 31.7 Å². The molecule has 0 aromatic heterocycles. The van der Waals surface area contributed by atoms with Crippen LogP contribution in [0, 0.1) is 6.92 Å². The molecule has 1 amide bonds. The lowest BCUT2D eigenvalue weighted by Crippen LogP contribution is -2.22. The number of anilines is 1. The fourth-order valence-electron chi connectivity index (χ4n) is 2.48. The fourth-order valence-corrected chi connectivity index (χ4v) is 2.66. The fraction of sp³-hybridized carbons (Fsp3) is 0.333. The number of rotatable bonds is 9. The van der Waals surface area contributed by atoms with Crippen LogP contribution in [0.1, 0.15) is 25.0 Å². The summed E-state index contributed by atoms with van der Waals surface area (Å²) in [7, 11) is 0. The van der Waals surface area contributed by atoms with Crippen LogP contribution < -0.4 is 14.8 Å². The molecule has 0 aliphatic rings. The van der Waals surface area contributed by atoms with Crippen molar-refractivity contribution in [1.29, 1.82) is 0 Å². The lowest BCUT2D eigenvalue weighted by molar-refractivity contribution is -0.146. The molecule has 2 aromatic carbocycles. The Morgan fingerprint density at radius 2 is 1.71 bits per heavy atom. The van der Waals surface area contributed by atoms with Gasteiger partial charge in [-0.25, -0.2) is 0 Å². The Balaban J connectivity index is 1.90. The van der Waals surface area contributed by atoms with Crippen LogP contribution in [0.3, 0.4) is 0 Å². The van der Waals surface area contributed by atoms with E-state index < -0.39 is 11.9 Å². The number of carbonyl (C=O) groups excluding carboxylic acids is 2. The van der Waals surface area contributed by atoms with E-state index >= 15 is 0 Å². The van der Waals surface area contributed by atoms with E-state index in [0.717, 1.165) is 5.56 Å². The van der Waals surface area contributed by atoms with Gasteiger partial charge in [0.05, 0.1) is 19.6 Å². The van der Waals surface area contributed by atoms with Crippen molar-refractivity contribution in [3.8, 4) is 11.5 Å². The summed E-state index contributed by atoms with van der Waals surface area (Å²) in [5.41, 5.74) is 2.16. The molecule has 0 radical (unpaired) electrons. The first-order valence-electron chi connectivity index (χ1n) is 9.03. The number of ether oxygens (including phenoxy) is 3. The molecular formula is C21H24ClNO5. The minimum absolute atomic E-state index is 0.0238. The molecule has 150 valence electrons. The number of nitrogens with one attached hydrogen (secondary N) is 1. The summed E-state index contributed by atoms with van der Waals surface area (Å²) in [5.74, 6) is 0.256. The Morgan fingerprint density at radius 1 is 1.00 bits per heavy atom. The summed E-state index contributed by atoms with van der Waals surface area (Å²) >= 11 is 5.93. The lowest BCUT2D eigenvalue weighted by Gasteiger charge is -2.12. The molecule has 0 spiro atoms. The van der Waals surface area contributed by atoms with Crippen molar-refractivity contribution in [3.63, 3.8) is 0 Å². The summed E-state index contributed by atoms with van der Waals surface area (Å²) in [4.78, 5) is 24.1. The SMILES string of the molecule is CCOc1ccc(CC(=O)OCC(=O)Nc2cc(Cl)ccc2C)cc1OCC. The quantitative estimate of drug-likeness (QED) is 0.634. The highest BCUT2D eigenvalue weighted by Gasteiger charge is 2.12. The first-order chi connectivity index (χ1) is 13.4. The summed E-state index contributed by atoms with van der Waals surface area (Å²) in [6.45, 7) is 6.23. The van der Waals surface area contributed by atoms with E-state index in [-0.39, 0.29) is 13.0 Å². The third kappa shape index (κ3) is 6.46.